The van der Waals surface area contributed by atoms with Gasteiger partial charge in [-0.15, -0.1) is 0 Å². The summed E-state index contributed by atoms with van der Waals surface area (Å²) in [6, 6.07) is 6.78. The van der Waals surface area contributed by atoms with Gasteiger partial charge in [0.15, 0.2) is 0 Å². The molecular weight excluding hydrogens is 300 g/mol. The van der Waals surface area contributed by atoms with Crippen LogP contribution in [0.15, 0.2) is 18.2 Å². The third-order valence-electron chi connectivity index (χ3n) is 4.60. The molecule has 1 saturated carbocycles. The topological polar surface area (TPSA) is 9.23 Å². The van der Waals surface area contributed by atoms with Crippen molar-refractivity contribution in [3.8, 4) is 5.75 Å². The summed E-state index contributed by atoms with van der Waals surface area (Å²) >= 11 is 3.98. The SMILES string of the molecule is BrC(c1ccc2c(c1)CCO2)C1CCCCCCC1. The van der Waals surface area contributed by atoms with Crippen LogP contribution in [-0.2, 0) is 6.42 Å². The summed E-state index contributed by atoms with van der Waals surface area (Å²) < 4.78 is 5.60. The number of ether oxygens (including phenoxy) is 1. The lowest BCUT2D eigenvalue weighted by Crippen LogP contribution is -2.10. The van der Waals surface area contributed by atoms with Gasteiger partial charge in [0.1, 0.15) is 5.75 Å². The molecule has 3 rings (SSSR count). The maximum absolute atomic E-state index is 5.60. The lowest BCUT2D eigenvalue weighted by atomic mass is 9.86. The summed E-state index contributed by atoms with van der Waals surface area (Å²) in [6.07, 6.45) is 10.9. The smallest absolute Gasteiger partial charge is 0.122 e. The van der Waals surface area contributed by atoms with Gasteiger partial charge in [-0.25, -0.2) is 0 Å². The molecule has 0 radical (unpaired) electrons. The monoisotopic (exact) mass is 322 g/mol. The summed E-state index contributed by atoms with van der Waals surface area (Å²) in [7, 11) is 0. The number of benzene rings is 1. The fraction of sp³-hybridized carbons (Fsp3) is 0.647. The molecule has 1 aromatic rings. The van der Waals surface area contributed by atoms with E-state index in [0.717, 1.165) is 24.7 Å². The van der Waals surface area contributed by atoms with E-state index in [2.05, 4.69) is 34.1 Å². The zero-order valence-corrected chi connectivity index (χ0v) is 13.1. The van der Waals surface area contributed by atoms with E-state index in [1.165, 1.54) is 56.1 Å². The van der Waals surface area contributed by atoms with E-state index in [9.17, 15) is 0 Å². The van der Waals surface area contributed by atoms with Gasteiger partial charge in [-0.1, -0.05) is 60.2 Å². The van der Waals surface area contributed by atoms with Crippen molar-refractivity contribution in [2.24, 2.45) is 5.92 Å². The fourth-order valence-corrected chi connectivity index (χ4v) is 4.24. The normalized spacial score (nSPS) is 22.2. The van der Waals surface area contributed by atoms with Crippen molar-refractivity contribution in [1.29, 1.82) is 0 Å². The van der Waals surface area contributed by atoms with Crippen LogP contribution >= 0.6 is 15.9 Å². The average molecular weight is 323 g/mol. The van der Waals surface area contributed by atoms with Gasteiger partial charge in [0.05, 0.1) is 6.61 Å². The van der Waals surface area contributed by atoms with Crippen molar-refractivity contribution in [2.45, 2.75) is 56.2 Å². The zero-order valence-electron chi connectivity index (χ0n) is 11.5. The molecule has 1 unspecified atom stereocenters. The summed E-state index contributed by atoms with van der Waals surface area (Å²) in [5.41, 5.74) is 2.85. The van der Waals surface area contributed by atoms with Crippen LogP contribution in [0.1, 0.15) is 60.9 Å². The first kappa shape index (κ1) is 13.5. The van der Waals surface area contributed by atoms with Crippen LogP contribution in [0.5, 0.6) is 5.75 Å². The van der Waals surface area contributed by atoms with E-state index >= 15 is 0 Å². The first-order chi connectivity index (χ1) is 9.34. The van der Waals surface area contributed by atoms with E-state index in [1.54, 1.807) is 0 Å². The van der Waals surface area contributed by atoms with Gasteiger partial charge >= 0.3 is 0 Å². The van der Waals surface area contributed by atoms with Gasteiger partial charge in [-0.3, -0.25) is 0 Å². The summed E-state index contributed by atoms with van der Waals surface area (Å²) in [5.74, 6) is 1.90. The Bertz CT molecular complexity index is 421. The highest BCUT2D eigenvalue weighted by Gasteiger charge is 2.23. The second kappa shape index (κ2) is 6.30. The molecular formula is C17H23BrO. The number of alkyl halides is 1. The number of rotatable bonds is 2. The average Bonchev–Trinajstić information content (AvgIpc) is 2.84. The standard InChI is InChI=1S/C17H23BrO/c18-17(13-6-4-2-1-3-5-7-13)15-8-9-16-14(12-15)10-11-19-16/h8-9,12-13,17H,1-7,10-11H2. The maximum Gasteiger partial charge on any atom is 0.122 e. The Morgan fingerprint density at radius 2 is 1.79 bits per heavy atom. The molecule has 2 heteroatoms. The van der Waals surface area contributed by atoms with Gasteiger partial charge in [-0.2, -0.15) is 0 Å². The third kappa shape index (κ3) is 3.16. The van der Waals surface area contributed by atoms with Crippen LogP contribution < -0.4 is 4.74 Å². The highest BCUT2D eigenvalue weighted by atomic mass is 79.9. The van der Waals surface area contributed by atoms with Gasteiger partial charge in [0, 0.05) is 11.2 Å². The van der Waals surface area contributed by atoms with Gasteiger partial charge in [0.2, 0.25) is 0 Å². The Morgan fingerprint density at radius 3 is 2.58 bits per heavy atom. The van der Waals surface area contributed by atoms with Crippen molar-refractivity contribution in [2.75, 3.05) is 6.61 Å². The van der Waals surface area contributed by atoms with Crippen molar-refractivity contribution in [3.05, 3.63) is 29.3 Å². The van der Waals surface area contributed by atoms with Crippen molar-refractivity contribution < 1.29 is 4.74 Å². The lowest BCUT2D eigenvalue weighted by Gasteiger charge is -2.25. The van der Waals surface area contributed by atoms with E-state index in [-0.39, 0.29) is 0 Å². The highest BCUT2D eigenvalue weighted by molar-refractivity contribution is 9.09. The predicted molar refractivity (Wildman–Crippen MR) is 83.1 cm³/mol. The first-order valence-electron chi connectivity index (χ1n) is 7.74. The van der Waals surface area contributed by atoms with Crippen LogP contribution in [0.2, 0.25) is 0 Å². The second-order valence-corrected chi connectivity index (χ2v) is 6.96. The van der Waals surface area contributed by atoms with Crippen LogP contribution in [0, 0.1) is 5.92 Å². The lowest BCUT2D eigenvalue weighted by molar-refractivity contribution is 0.356. The van der Waals surface area contributed by atoms with E-state index in [0.29, 0.717) is 4.83 Å². The van der Waals surface area contributed by atoms with Crippen molar-refractivity contribution >= 4 is 15.9 Å². The highest BCUT2D eigenvalue weighted by Crippen LogP contribution is 2.40. The molecule has 1 aromatic carbocycles. The maximum atomic E-state index is 5.60. The quantitative estimate of drug-likeness (QED) is 0.661. The number of hydrogen-bond acceptors (Lipinski definition) is 1. The van der Waals surface area contributed by atoms with Crippen LogP contribution in [-0.4, -0.2) is 6.61 Å². The summed E-state index contributed by atoms with van der Waals surface area (Å²) in [5, 5.41) is 0. The van der Waals surface area contributed by atoms with E-state index in [4.69, 9.17) is 4.74 Å². The van der Waals surface area contributed by atoms with Crippen LogP contribution in [0.3, 0.4) is 0 Å². The Morgan fingerprint density at radius 1 is 1.05 bits per heavy atom. The minimum absolute atomic E-state index is 0.525. The minimum atomic E-state index is 0.525. The zero-order chi connectivity index (χ0) is 13.1. The molecule has 0 saturated heterocycles. The molecule has 104 valence electrons. The Kier molecular flexibility index (Phi) is 4.47. The molecule has 19 heavy (non-hydrogen) atoms. The van der Waals surface area contributed by atoms with Crippen LogP contribution in [0.4, 0.5) is 0 Å². The molecule has 1 nitrogen and oxygen atoms in total. The molecule has 0 amide bonds. The molecule has 0 bridgehead atoms. The molecule has 1 heterocycles. The summed E-state index contributed by atoms with van der Waals surface area (Å²) in [4.78, 5) is 0.525. The minimum Gasteiger partial charge on any atom is -0.493 e. The molecule has 1 aliphatic carbocycles. The van der Waals surface area contributed by atoms with Gasteiger partial charge < -0.3 is 4.74 Å². The van der Waals surface area contributed by atoms with Crippen molar-refractivity contribution in [3.63, 3.8) is 0 Å². The fourth-order valence-electron chi connectivity index (χ4n) is 3.43. The molecule has 1 fully saturated rings. The van der Waals surface area contributed by atoms with Crippen LogP contribution in [0.25, 0.3) is 0 Å². The summed E-state index contributed by atoms with van der Waals surface area (Å²) in [6.45, 7) is 0.856. The molecule has 2 aliphatic rings. The van der Waals surface area contributed by atoms with E-state index in [1.807, 2.05) is 0 Å². The van der Waals surface area contributed by atoms with Crippen molar-refractivity contribution in [1.82, 2.24) is 0 Å². The molecule has 0 spiro atoms. The number of halogens is 1. The Hall–Kier alpha value is -0.500. The number of hydrogen-bond donors (Lipinski definition) is 0. The molecule has 0 aromatic heterocycles. The molecule has 1 atom stereocenters. The van der Waals surface area contributed by atoms with Gasteiger partial charge in [0.25, 0.3) is 0 Å². The Labute approximate surface area is 124 Å². The molecule has 1 aliphatic heterocycles. The molecule has 0 N–H and O–H groups in total. The van der Waals surface area contributed by atoms with E-state index < -0.39 is 0 Å². The Balaban J connectivity index is 1.72. The van der Waals surface area contributed by atoms with Gasteiger partial charge in [-0.05, 0) is 36.0 Å². The predicted octanol–water partition coefficient (Wildman–Crippen LogP) is 5.42. The first-order valence-corrected chi connectivity index (χ1v) is 8.66. The number of fused-ring (bicyclic) bond motifs is 1. The second-order valence-electron chi connectivity index (χ2n) is 5.97. The largest absolute Gasteiger partial charge is 0.493 e. The third-order valence-corrected chi connectivity index (χ3v) is 5.87.